The Kier molecular flexibility index (Phi) is 11.9. The fraction of sp³-hybridized carbons (Fsp3) is 0.762. The summed E-state index contributed by atoms with van der Waals surface area (Å²) in [6.45, 7) is 3.94. The number of aliphatic imine (C=N–C) groups is 1. The third kappa shape index (κ3) is 9.13. The van der Waals surface area contributed by atoms with E-state index >= 15 is 0 Å². The highest BCUT2D eigenvalue weighted by Gasteiger charge is 2.16. The molecular formula is C21H36IN3O3. The second-order valence-corrected chi connectivity index (χ2v) is 7.53. The summed E-state index contributed by atoms with van der Waals surface area (Å²) in [5.41, 5.74) is 0. The van der Waals surface area contributed by atoms with Gasteiger partial charge in [-0.2, -0.15) is 0 Å². The number of rotatable bonds is 10. The minimum Gasteiger partial charge on any atom is -0.469 e. The van der Waals surface area contributed by atoms with Gasteiger partial charge in [-0.25, -0.2) is 0 Å². The Morgan fingerprint density at radius 3 is 2.82 bits per heavy atom. The first-order valence-electron chi connectivity index (χ1n) is 10.7. The highest BCUT2D eigenvalue weighted by Crippen LogP contribution is 2.17. The average molecular weight is 505 g/mol. The van der Waals surface area contributed by atoms with Crippen LogP contribution in [-0.2, 0) is 15.9 Å². The highest BCUT2D eigenvalue weighted by atomic mass is 127. The van der Waals surface area contributed by atoms with E-state index in [0.29, 0.717) is 12.1 Å². The number of nitrogens with zero attached hydrogens (tertiary/aromatic N) is 1. The molecule has 1 aliphatic heterocycles. The van der Waals surface area contributed by atoms with Gasteiger partial charge in [0, 0.05) is 38.8 Å². The molecule has 1 aliphatic carbocycles. The molecule has 2 fully saturated rings. The van der Waals surface area contributed by atoms with Crippen LogP contribution in [0, 0.1) is 0 Å². The second kappa shape index (κ2) is 14.2. The summed E-state index contributed by atoms with van der Waals surface area (Å²) in [6.07, 6.45) is 12.6. The zero-order valence-electron chi connectivity index (χ0n) is 16.9. The molecule has 7 heteroatoms. The monoisotopic (exact) mass is 505 g/mol. The van der Waals surface area contributed by atoms with Crippen LogP contribution in [0.5, 0.6) is 0 Å². The lowest BCUT2D eigenvalue weighted by Gasteiger charge is -2.25. The zero-order chi connectivity index (χ0) is 18.6. The molecule has 2 N–H and O–H groups in total. The van der Waals surface area contributed by atoms with Gasteiger partial charge in [0.15, 0.2) is 5.96 Å². The lowest BCUT2D eigenvalue weighted by molar-refractivity contribution is 0.0171. The number of halogens is 1. The van der Waals surface area contributed by atoms with Crippen molar-refractivity contribution in [2.24, 2.45) is 4.99 Å². The molecule has 160 valence electrons. The van der Waals surface area contributed by atoms with Crippen molar-refractivity contribution in [3.8, 4) is 0 Å². The third-order valence-corrected chi connectivity index (χ3v) is 5.23. The average Bonchev–Trinajstić information content (AvgIpc) is 3.39. The van der Waals surface area contributed by atoms with Gasteiger partial charge in [-0.05, 0) is 44.2 Å². The fourth-order valence-corrected chi connectivity index (χ4v) is 3.70. The van der Waals surface area contributed by atoms with Crippen LogP contribution in [0.1, 0.15) is 57.1 Å². The van der Waals surface area contributed by atoms with E-state index in [2.05, 4.69) is 10.6 Å². The molecule has 1 aromatic rings. The van der Waals surface area contributed by atoms with E-state index in [4.69, 9.17) is 18.9 Å². The molecule has 28 heavy (non-hydrogen) atoms. The van der Waals surface area contributed by atoms with Crippen molar-refractivity contribution >= 4 is 29.9 Å². The zero-order valence-corrected chi connectivity index (χ0v) is 19.2. The van der Waals surface area contributed by atoms with Crippen LogP contribution >= 0.6 is 24.0 Å². The molecular weight excluding hydrogens is 469 g/mol. The van der Waals surface area contributed by atoms with E-state index in [9.17, 15) is 0 Å². The summed E-state index contributed by atoms with van der Waals surface area (Å²) in [5, 5.41) is 7.08. The Morgan fingerprint density at radius 2 is 2.07 bits per heavy atom. The molecule has 1 unspecified atom stereocenters. The van der Waals surface area contributed by atoms with Crippen LogP contribution in [0.15, 0.2) is 27.8 Å². The Morgan fingerprint density at radius 1 is 1.18 bits per heavy atom. The molecule has 3 rings (SSSR count). The predicted molar refractivity (Wildman–Crippen MR) is 123 cm³/mol. The summed E-state index contributed by atoms with van der Waals surface area (Å²) in [7, 11) is 0. The molecule has 0 radical (unpaired) electrons. The van der Waals surface area contributed by atoms with Crippen LogP contribution < -0.4 is 10.6 Å². The van der Waals surface area contributed by atoms with E-state index in [1.807, 2.05) is 12.1 Å². The van der Waals surface area contributed by atoms with Crippen molar-refractivity contribution in [3.63, 3.8) is 0 Å². The van der Waals surface area contributed by atoms with Crippen molar-refractivity contribution in [1.29, 1.82) is 0 Å². The maximum absolute atomic E-state index is 5.73. The Hall–Kier alpha value is -0.800. The summed E-state index contributed by atoms with van der Waals surface area (Å²) in [6, 6.07) is 4.49. The van der Waals surface area contributed by atoms with Crippen molar-refractivity contribution < 1.29 is 13.9 Å². The number of hydrogen-bond donors (Lipinski definition) is 2. The van der Waals surface area contributed by atoms with Gasteiger partial charge in [-0.3, -0.25) is 4.99 Å². The standard InChI is InChI=1S/C21H35N3O3.HI/c1-2-7-18(8-3-1)24-21(23-13-11-19-9-4-15-26-19)22-12-6-14-25-17-20-10-5-16-27-20;/h4,9,15,18,20H,1-3,5-8,10-14,16-17H2,(H2,22,23,24);1H. The topological polar surface area (TPSA) is 68.0 Å². The summed E-state index contributed by atoms with van der Waals surface area (Å²) >= 11 is 0. The Bertz CT molecular complexity index is 527. The van der Waals surface area contributed by atoms with Gasteiger partial charge in [-0.15, -0.1) is 24.0 Å². The van der Waals surface area contributed by atoms with Crippen LogP contribution in [0.2, 0.25) is 0 Å². The van der Waals surface area contributed by atoms with Gasteiger partial charge < -0.3 is 24.5 Å². The molecule has 2 heterocycles. The predicted octanol–water partition coefficient (Wildman–Crippen LogP) is 3.89. The molecule has 1 atom stereocenters. The van der Waals surface area contributed by atoms with Crippen molar-refractivity contribution in [2.75, 3.05) is 32.9 Å². The molecule has 2 aliphatic rings. The van der Waals surface area contributed by atoms with Crippen molar-refractivity contribution in [3.05, 3.63) is 24.2 Å². The third-order valence-electron chi connectivity index (χ3n) is 5.23. The molecule has 6 nitrogen and oxygen atoms in total. The maximum atomic E-state index is 5.73. The van der Waals surface area contributed by atoms with Crippen LogP contribution in [0.3, 0.4) is 0 Å². The smallest absolute Gasteiger partial charge is 0.191 e. The van der Waals surface area contributed by atoms with Crippen LogP contribution in [0.4, 0.5) is 0 Å². The first-order valence-corrected chi connectivity index (χ1v) is 10.7. The minimum atomic E-state index is 0. The number of nitrogens with one attached hydrogen (secondary N) is 2. The van der Waals surface area contributed by atoms with Gasteiger partial charge in [0.2, 0.25) is 0 Å². The van der Waals surface area contributed by atoms with Gasteiger partial charge in [0.25, 0.3) is 0 Å². The van der Waals surface area contributed by atoms with E-state index in [1.54, 1.807) is 6.26 Å². The fourth-order valence-electron chi connectivity index (χ4n) is 3.70. The van der Waals surface area contributed by atoms with Crippen LogP contribution in [0.25, 0.3) is 0 Å². The van der Waals surface area contributed by atoms with Crippen molar-refractivity contribution in [1.82, 2.24) is 10.6 Å². The number of hydrogen-bond acceptors (Lipinski definition) is 4. The first kappa shape index (κ1) is 23.5. The quantitative estimate of drug-likeness (QED) is 0.219. The molecule has 1 saturated heterocycles. The SMILES string of the molecule is I.c1coc(CCNC(=NCCCOCC2CCCO2)NC2CCCCC2)c1. The highest BCUT2D eigenvalue weighted by molar-refractivity contribution is 14.0. The summed E-state index contributed by atoms with van der Waals surface area (Å²) in [5.74, 6) is 1.93. The van der Waals surface area contributed by atoms with Crippen LogP contribution in [-0.4, -0.2) is 51.0 Å². The van der Waals surface area contributed by atoms with Crippen molar-refractivity contribution in [2.45, 2.75) is 69.9 Å². The Labute approximate surface area is 186 Å². The number of furan rings is 1. The molecule has 0 aromatic carbocycles. The van der Waals surface area contributed by atoms with Gasteiger partial charge in [0.1, 0.15) is 5.76 Å². The number of guanidine groups is 1. The lowest BCUT2D eigenvalue weighted by atomic mass is 9.96. The van der Waals surface area contributed by atoms with Gasteiger partial charge in [-0.1, -0.05) is 19.3 Å². The maximum Gasteiger partial charge on any atom is 0.191 e. The summed E-state index contributed by atoms with van der Waals surface area (Å²) in [4.78, 5) is 4.76. The first-order chi connectivity index (χ1) is 13.4. The molecule has 0 bridgehead atoms. The molecule has 0 spiro atoms. The summed E-state index contributed by atoms with van der Waals surface area (Å²) < 4.78 is 16.7. The minimum absolute atomic E-state index is 0. The molecule has 1 aromatic heterocycles. The normalized spacial score (nSPS) is 20.7. The lowest BCUT2D eigenvalue weighted by Crippen LogP contribution is -2.45. The van der Waals surface area contributed by atoms with E-state index in [-0.39, 0.29) is 24.0 Å². The molecule has 1 saturated carbocycles. The van der Waals surface area contributed by atoms with E-state index in [0.717, 1.165) is 70.3 Å². The number of ether oxygens (including phenoxy) is 2. The molecule has 0 amide bonds. The van der Waals surface area contributed by atoms with E-state index < -0.39 is 0 Å². The second-order valence-electron chi connectivity index (χ2n) is 7.53. The largest absolute Gasteiger partial charge is 0.469 e. The Balaban J connectivity index is 0.00000280. The van der Waals surface area contributed by atoms with Gasteiger partial charge >= 0.3 is 0 Å². The van der Waals surface area contributed by atoms with Gasteiger partial charge in [0.05, 0.1) is 19.0 Å². The van der Waals surface area contributed by atoms with E-state index in [1.165, 1.54) is 32.1 Å².